The Hall–Kier alpha value is -3.02. The summed E-state index contributed by atoms with van der Waals surface area (Å²) in [6.07, 6.45) is -0.848. The summed E-state index contributed by atoms with van der Waals surface area (Å²) in [5, 5.41) is 3.06. The van der Waals surface area contributed by atoms with Gasteiger partial charge in [0.15, 0.2) is 0 Å². The minimum absolute atomic E-state index is 0.0105. The second-order valence-electron chi connectivity index (χ2n) is 5.39. The van der Waals surface area contributed by atoms with Gasteiger partial charge in [-0.1, -0.05) is 54.6 Å². The van der Waals surface area contributed by atoms with E-state index in [4.69, 9.17) is 4.74 Å². The van der Waals surface area contributed by atoms with Crippen molar-refractivity contribution in [2.24, 2.45) is 0 Å². The fourth-order valence-electron chi connectivity index (χ4n) is 2.20. The van der Waals surface area contributed by atoms with E-state index >= 15 is 0 Å². The van der Waals surface area contributed by atoms with Crippen molar-refractivity contribution in [1.82, 2.24) is 9.97 Å². The SMILES string of the molecule is FC(F)c1ccc(CNc2nccc(OCc3ccccc3)n2)cc1. The molecule has 6 heteroatoms. The zero-order valence-electron chi connectivity index (χ0n) is 13.4. The number of benzene rings is 2. The van der Waals surface area contributed by atoms with Crippen molar-refractivity contribution in [1.29, 1.82) is 0 Å². The maximum Gasteiger partial charge on any atom is 0.263 e. The molecule has 1 N–H and O–H groups in total. The molecule has 0 aliphatic carbocycles. The molecular weight excluding hydrogens is 324 g/mol. The molecule has 0 fully saturated rings. The standard InChI is InChI=1S/C19H17F2N3O/c20-18(21)16-8-6-14(7-9-16)12-23-19-22-11-10-17(24-19)25-13-15-4-2-1-3-5-15/h1-11,18H,12-13H2,(H,22,23,24). The molecule has 0 bridgehead atoms. The second kappa shape index (κ2) is 8.19. The number of nitrogens with one attached hydrogen (secondary N) is 1. The minimum Gasteiger partial charge on any atom is -0.473 e. The zero-order valence-corrected chi connectivity index (χ0v) is 13.4. The third-order valence-corrected chi connectivity index (χ3v) is 3.54. The summed E-state index contributed by atoms with van der Waals surface area (Å²) in [4.78, 5) is 8.42. The topological polar surface area (TPSA) is 47.0 Å². The van der Waals surface area contributed by atoms with Crippen LogP contribution in [-0.4, -0.2) is 9.97 Å². The van der Waals surface area contributed by atoms with Gasteiger partial charge in [0, 0.05) is 24.4 Å². The quantitative estimate of drug-likeness (QED) is 0.682. The van der Waals surface area contributed by atoms with Gasteiger partial charge in [-0.25, -0.2) is 13.8 Å². The van der Waals surface area contributed by atoms with E-state index in [9.17, 15) is 8.78 Å². The maximum atomic E-state index is 12.5. The largest absolute Gasteiger partial charge is 0.473 e. The molecule has 0 saturated carbocycles. The number of halogens is 2. The van der Waals surface area contributed by atoms with Gasteiger partial charge in [0.1, 0.15) is 6.61 Å². The molecule has 4 nitrogen and oxygen atoms in total. The maximum absolute atomic E-state index is 12.5. The van der Waals surface area contributed by atoms with Gasteiger partial charge in [-0.05, 0) is 11.1 Å². The van der Waals surface area contributed by atoms with Gasteiger partial charge in [0.05, 0.1) is 0 Å². The van der Waals surface area contributed by atoms with Crippen LogP contribution in [0.3, 0.4) is 0 Å². The lowest BCUT2D eigenvalue weighted by Gasteiger charge is -2.08. The van der Waals surface area contributed by atoms with Crippen LogP contribution in [0.15, 0.2) is 66.9 Å². The van der Waals surface area contributed by atoms with Crippen LogP contribution in [0.1, 0.15) is 23.1 Å². The molecule has 0 spiro atoms. The summed E-state index contributed by atoms with van der Waals surface area (Å²) in [7, 11) is 0. The highest BCUT2D eigenvalue weighted by Gasteiger charge is 2.06. The molecule has 1 aromatic heterocycles. The van der Waals surface area contributed by atoms with Gasteiger partial charge in [-0.3, -0.25) is 0 Å². The number of rotatable bonds is 7. The summed E-state index contributed by atoms with van der Waals surface area (Å²) in [6.45, 7) is 0.859. The van der Waals surface area contributed by atoms with Gasteiger partial charge in [-0.15, -0.1) is 0 Å². The Kier molecular flexibility index (Phi) is 5.51. The first kappa shape index (κ1) is 16.8. The highest BCUT2D eigenvalue weighted by atomic mass is 19.3. The Balaban J connectivity index is 1.56. The van der Waals surface area contributed by atoms with Crippen molar-refractivity contribution in [2.45, 2.75) is 19.6 Å². The van der Waals surface area contributed by atoms with E-state index in [-0.39, 0.29) is 5.56 Å². The molecule has 0 aliphatic rings. The lowest BCUT2D eigenvalue weighted by atomic mass is 10.1. The first-order valence-electron chi connectivity index (χ1n) is 7.81. The van der Waals surface area contributed by atoms with Crippen molar-refractivity contribution in [3.63, 3.8) is 0 Å². The average Bonchev–Trinajstić information content (AvgIpc) is 2.66. The van der Waals surface area contributed by atoms with E-state index in [1.54, 1.807) is 24.4 Å². The molecule has 25 heavy (non-hydrogen) atoms. The van der Waals surface area contributed by atoms with Crippen molar-refractivity contribution >= 4 is 5.95 Å². The van der Waals surface area contributed by atoms with Crippen LogP contribution in [0.2, 0.25) is 0 Å². The normalized spacial score (nSPS) is 10.7. The lowest BCUT2D eigenvalue weighted by molar-refractivity contribution is 0.151. The first-order valence-corrected chi connectivity index (χ1v) is 7.81. The van der Waals surface area contributed by atoms with Crippen LogP contribution in [0.5, 0.6) is 5.88 Å². The summed E-state index contributed by atoms with van der Waals surface area (Å²) in [5.74, 6) is 0.887. The van der Waals surface area contributed by atoms with Gasteiger partial charge in [-0.2, -0.15) is 4.98 Å². The molecule has 0 amide bonds. The molecule has 2 aromatic carbocycles. The molecule has 0 unspecified atom stereocenters. The smallest absolute Gasteiger partial charge is 0.263 e. The molecule has 3 aromatic rings. The van der Waals surface area contributed by atoms with Crippen molar-refractivity contribution in [2.75, 3.05) is 5.32 Å². The average molecular weight is 341 g/mol. The second-order valence-corrected chi connectivity index (χ2v) is 5.39. The summed E-state index contributed by atoms with van der Waals surface area (Å²) in [5.41, 5.74) is 1.93. The van der Waals surface area contributed by atoms with Gasteiger partial charge in [0.25, 0.3) is 6.43 Å². The summed E-state index contributed by atoms with van der Waals surface area (Å²) in [6, 6.07) is 17.6. The third kappa shape index (κ3) is 4.97. The number of alkyl halides is 2. The van der Waals surface area contributed by atoms with Crippen LogP contribution in [-0.2, 0) is 13.2 Å². The fourth-order valence-corrected chi connectivity index (χ4v) is 2.20. The van der Waals surface area contributed by atoms with Gasteiger partial charge < -0.3 is 10.1 Å². The van der Waals surface area contributed by atoms with E-state index in [2.05, 4.69) is 15.3 Å². The van der Waals surface area contributed by atoms with Crippen LogP contribution in [0, 0.1) is 0 Å². The Morgan fingerprint density at radius 3 is 2.40 bits per heavy atom. The van der Waals surface area contributed by atoms with Crippen molar-refractivity contribution in [3.8, 4) is 5.88 Å². The molecule has 0 saturated heterocycles. The Labute approximate surface area is 144 Å². The minimum atomic E-state index is -2.45. The molecule has 128 valence electrons. The van der Waals surface area contributed by atoms with Crippen LogP contribution < -0.4 is 10.1 Å². The molecular formula is C19H17F2N3O. The predicted molar refractivity (Wildman–Crippen MR) is 91.5 cm³/mol. The third-order valence-electron chi connectivity index (χ3n) is 3.54. The number of nitrogens with zero attached hydrogens (tertiary/aromatic N) is 2. The summed E-state index contributed by atoms with van der Waals surface area (Å²) < 4.78 is 30.7. The number of ether oxygens (including phenoxy) is 1. The Bertz CT molecular complexity index is 795. The van der Waals surface area contributed by atoms with E-state index in [0.717, 1.165) is 11.1 Å². The van der Waals surface area contributed by atoms with Crippen LogP contribution in [0.4, 0.5) is 14.7 Å². The highest BCUT2D eigenvalue weighted by molar-refractivity contribution is 5.31. The van der Waals surface area contributed by atoms with E-state index < -0.39 is 6.43 Å². The van der Waals surface area contributed by atoms with Crippen LogP contribution in [0.25, 0.3) is 0 Å². The van der Waals surface area contributed by atoms with Crippen molar-refractivity contribution < 1.29 is 13.5 Å². The zero-order chi connectivity index (χ0) is 17.5. The monoisotopic (exact) mass is 341 g/mol. The van der Waals surface area contributed by atoms with E-state index in [0.29, 0.717) is 25.0 Å². The fraction of sp³-hybridized carbons (Fsp3) is 0.158. The molecule has 0 atom stereocenters. The number of hydrogen-bond donors (Lipinski definition) is 1. The molecule has 0 aliphatic heterocycles. The Morgan fingerprint density at radius 2 is 1.68 bits per heavy atom. The Morgan fingerprint density at radius 1 is 0.920 bits per heavy atom. The first-order chi connectivity index (χ1) is 12.2. The van der Waals surface area contributed by atoms with E-state index in [1.165, 1.54) is 12.1 Å². The number of anilines is 1. The van der Waals surface area contributed by atoms with E-state index in [1.807, 2.05) is 30.3 Å². The van der Waals surface area contributed by atoms with Gasteiger partial charge in [0.2, 0.25) is 11.8 Å². The molecule has 0 radical (unpaired) electrons. The predicted octanol–water partition coefficient (Wildman–Crippen LogP) is 4.61. The van der Waals surface area contributed by atoms with Crippen LogP contribution >= 0.6 is 0 Å². The number of hydrogen-bond acceptors (Lipinski definition) is 4. The summed E-state index contributed by atoms with van der Waals surface area (Å²) >= 11 is 0. The van der Waals surface area contributed by atoms with Gasteiger partial charge >= 0.3 is 0 Å². The highest BCUT2D eigenvalue weighted by Crippen LogP contribution is 2.19. The molecule has 1 heterocycles. The molecule has 3 rings (SSSR count). The lowest BCUT2D eigenvalue weighted by Crippen LogP contribution is -2.05. The van der Waals surface area contributed by atoms with Crippen molar-refractivity contribution in [3.05, 3.63) is 83.6 Å². The number of aromatic nitrogens is 2.